The summed E-state index contributed by atoms with van der Waals surface area (Å²) in [5.41, 5.74) is 0.999. The van der Waals surface area contributed by atoms with Gasteiger partial charge in [-0.2, -0.15) is 0 Å². The number of nitrogens with zero attached hydrogens (tertiary/aromatic N) is 3. The van der Waals surface area contributed by atoms with Crippen molar-refractivity contribution in [2.75, 3.05) is 58.7 Å². The fourth-order valence-electron chi connectivity index (χ4n) is 3.44. The molecule has 2 saturated heterocycles. The van der Waals surface area contributed by atoms with Gasteiger partial charge >= 0.3 is 6.03 Å². The second-order valence-electron chi connectivity index (χ2n) is 7.00. The van der Waals surface area contributed by atoms with Crippen LogP contribution in [0.5, 0.6) is 0 Å². The summed E-state index contributed by atoms with van der Waals surface area (Å²) in [6, 6.07) is 5.18. The lowest BCUT2D eigenvalue weighted by atomic mass is 10.1. The number of amides is 3. The van der Waals surface area contributed by atoms with Gasteiger partial charge in [0, 0.05) is 65.1 Å². The average Bonchev–Trinajstić information content (AvgIpc) is 3.13. The lowest BCUT2D eigenvalue weighted by Gasteiger charge is -2.32. The molecule has 0 bridgehead atoms. The van der Waals surface area contributed by atoms with Gasteiger partial charge in [-0.05, 0) is 24.6 Å². The molecule has 2 N–H and O–H groups in total. The largest absolute Gasteiger partial charge is 0.337 e. The number of anilines is 1. The zero-order valence-corrected chi connectivity index (χ0v) is 17.3. The number of likely N-dealkylation sites (tertiary alicyclic amines) is 1. The van der Waals surface area contributed by atoms with Gasteiger partial charge in [-0.15, -0.1) is 12.4 Å². The molecule has 2 fully saturated rings. The van der Waals surface area contributed by atoms with Gasteiger partial charge in [0.25, 0.3) is 5.91 Å². The molecule has 9 heteroatoms. The lowest BCUT2D eigenvalue weighted by molar-refractivity contribution is 0.0773. The van der Waals surface area contributed by atoms with Crippen LogP contribution in [0.4, 0.5) is 10.5 Å². The molecule has 0 aromatic heterocycles. The molecule has 7 nitrogen and oxygen atoms in total. The number of piperazine rings is 1. The van der Waals surface area contributed by atoms with Crippen molar-refractivity contribution < 1.29 is 9.59 Å². The molecule has 2 aliphatic rings. The Morgan fingerprint density at radius 2 is 1.93 bits per heavy atom. The Kier molecular flexibility index (Phi) is 7.73. The number of carbonyl (C=O) groups excluding carboxylic acids is 2. The van der Waals surface area contributed by atoms with E-state index in [2.05, 4.69) is 15.5 Å². The molecule has 0 aliphatic carbocycles. The third-order valence-electron chi connectivity index (χ3n) is 4.97. The molecular weight excluding hydrogens is 389 g/mol. The van der Waals surface area contributed by atoms with Gasteiger partial charge in [-0.3, -0.25) is 9.69 Å². The number of hydrogen-bond acceptors (Lipinski definition) is 4. The van der Waals surface area contributed by atoms with E-state index in [0.717, 1.165) is 45.7 Å². The van der Waals surface area contributed by atoms with E-state index in [1.54, 1.807) is 32.3 Å². The first kappa shape index (κ1) is 21.8. The van der Waals surface area contributed by atoms with Crippen molar-refractivity contribution in [1.29, 1.82) is 0 Å². The highest BCUT2D eigenvalue weighted by Crippen LogP contribution is 2.25. The topological polar surface area (TPSA) is 67.9 Å². The normalized spacial score (nSPS) is 20.1. The van der Waals surface area contributed by atoms with Crippen LogP contribution in [0.3, 0.4) is 0 Å². The van der Waals surface area contributed by atoms with E-state index in [9.17, 15) is 9.59 Å². The fraction of sp³-hybridized carbons (Fsp3) is 0.556. The monoisotopic (exact) mass is 415 g/mol. The summed E-state index contributed by atoms with van der Waals surface area (Å²) >= 11 is 6.26. The van der Waals surface area contributed by atoms with Crippen molar-refractivity contribution in [3.8, 4) is 0 Å². The molecule has 1 unspecified atom stereocenters. The van der Waals surface area contributed by atoms with Crippen molar-refractivity contribution in [2.24, 2.45) is 0 Å². The number of urea groups is 1. The van der Waals surface area contributed by atoms with E-state index < -0.39 is 0 Å². The maximum absolute atomic E-state index is 13.0. The number of halogens is 2. The SMILES string of the molecule is CN(C)C(=O)Nc1ccc(Cl)c(C(=O)N2CCC(N3CCNCC3)C2)c1.Cl. The first-order valence-corrected chi connectivity index (χ1v) is 9.35. The molecule has 0 saturated carbocycles. The van der Waals surface area contributed by atoms with Crippen molar-refractivity contribution in [2.45, 2.75) is 12.5 Å². The molecule has 1 aromatic rings. The Bertz CT molecular complexity index is 680. The summed E-state index contributed by atoms with van der Waals surface area (Å²) in [5, 5.41) is 6.52. The molecule has 1 aromatic carbocycles. The van der Waals surface area contributed by atoms with Crippen LogP contribution in [0.2, 0.25) is 5.02 Å². The van der Waals surface area contributed by atoms with E-state index in [1.165, 1.54) is 4.90 Å². The first-order valence-electron chi connectivity index (χ1n) is 8.97. The van der Waals surface area contributed by atoms with E-state index in [-0.39, 0.29) is 24.3 Å². The Morgan fingerprint density at radius 3 is 2.59 bits per heavy atom. The Hall–Kier alpha value is -1.54. The highest BCUT2D eigenvalue weighted by Gasteiger charge is 2.32. The van der Waals surface area contributed by atoms with Crippen molar-refractivity contribution in [3.63, 3.8) is 0 Å². The van der Waals surface area contributed by atoms with E-state index in [0.29, 0.717) is 22.3 Å². The summed E-state index contributed by atoms with van der Waals surface area (Å²) in [6.45, 7) is 5.52. The number of benzene rings is 1. The molecule has 3 amide bonds. The van der Waals surface area contributed by atoms with Gasteiger partial charge < -0.3 is 20.4 Å². The van der Waals surface area contributed by atoms with Gasteiger partial charge in [-0.25, -0.2) is 4.79 Å². The summed E-state index contributed by atoms with van der Waals surface area (Å²) in [5.74, 6) is -0.0754. The van der Waals surface area contributed by atoms with Crippen molar-refractivity contribution in [3.05, 3.63) is 28.8 Å². The summed E-state index contributed by atoms with van der Waals surface area (Å²) in [7, 11) is 3.33. The smallest absolute Gasteiger partial charge is 0.321 e. The van der Waals surface area contributed by atoms with Crippen LogP contribution in [0.15, 0.2) is 18.2 Å². The maximum atomic E-state index is 13.0. The van der Waals surface area contributed by atoms with E-state index >= 15 is 0 Å². The average molecular weight is 416 g/mol. The minimum Gasteiger partial charge on any atom is -0.337 e. The van der Waals surface area contributed by atoms with Gasteiger partial charge in [-0.1, -0.05) is 11.6 Å². The predicted octanol–water partition coefficient (Wildman–Crippen LogP) is 1.98. The minimum atomic E-state index is -0.245. The Balaban J connectivity index is 0.00000261. The summed E-state index contributed by atoms with van der Waals surface area (Å²) in [4.78, 5) is 30.5. The van der Waals surface area contributed by atoms with E-state index in [1.807, 2.05) is 4.90 Å². The predicted molar refractivity (Wildman–Crippen MR) is 110 cm³/mol. The molecule has 2 aliphatic heterocycles. The second-order valence-corrected chi connectivity index (χ2v) is 7.41. The first-order chi connectivity index (χ1) is 12.5. The standard InChI is InChI=1S/C18H26ClN5O2.ClH/c1-22(2)18(26)21-13-3-4-16(19)15(11-13)17(25)24-8-5-14(12-24)23-9-6-20-7-10-23;/h3-4,11,14,20H,5-10,12H2,1-2H3,(H,21,26);1H. The van der Waals surface area contributed by atoms with E-state index in [4.69, 9.17) is 11.6 Å². The molecule has 27 heavy (non-hydrogen) atoms. The number of rotatable bonds is 3. The van der Waals surface area contributed by atoms with Crippen LogP contribution < -0.4 is 10.6 Å². The van der Waals surface area contributed by atoms with Crippen molar-refractivity contribution >= 4 is 41.6 Å². The van der Waals surface area contributed by atoms with Crippen LogP contribution in [-0.2, 0) is 0 Å². The van der Waals surface area contributed by atoms with Crippen LogP contribution >= 0.6 is 24.0 Å². The van der Waals surface area contributed by atoms with Crippen molar-refractivity contribution in [1.82, 2.24) is 20.0 Å². The van der Waals surface area contributed by atoms with Crippen LogP contribution in [-0.4, -0.2) is 86.0 Å². The highest BCUT2D eigenvalue weighted by atomic mass is 35.5. The highest BCUT2D eigenvalue weighted by molar-refractivity contribution is 6.34. The molecule has 3 rings (SSSR count). The zero-order valence-electron chi connectivity index (χ0n) is 15.7. The minimum absolute atomic E-state index is 0. The van der Waals surface area contributed by atoms with Gasteiger partial charge in [0.2, 0.25) is 0 Å². The van der Waals surface area contributed by atoms with Crippen LogP contribution in [0.1, 0.15) is 16.8 Å². The third kappa shape index (κ3) is 5.25. The maximum Gasteiger partial charge on any atom is 0.321 e. The fourth-order valence-corrected chi connectivity index (χ4v) is 3.64. The lowest BCUT2D eigenvalue weighted by Crippen LogP contribution is -2.49. The number of nitrogens with one attached hydrogen (secondary N) is 2. The molecule has 2 heterocycles. The number of hydrogen-bond donors (Lipinski definition) is 2. The molecule has 0 radical (unpaired) electrons. The van der Waals surface area contributed by atoms with Crippen LogP contribution in [0.25, 0.3) is 0 Å². The second kappa shape index (κ2) is 9.59. The van der Waals surface area contributed by atoms with Gasteiger partial charge in [0.1, 0.15) is 0 Å². The molecular formula is C18H27Cl2N5O2. The zero-order chi connectivity index (χ0) is 18.7. The summed E-state index contributed by atoms with van der Waals surface area (Å²) < 4.78 is 0. The Labute approximate surface area is 171 Å². The third-order valence-corrected chi connectivity index (χ3v) is 5.30. The molecule has 1 atom stereocenters. The Morgan fingerprint density at radius 1 is 1.22 bits per heavy atom. The number of carbonyl (C=O) groups is 2. The summed E-state index contributed by atoms with van der Waals surface area (Å²) in [6.07, 6.45) is 0.987. The molecule has 150 valence electrons. The van der Waals surface area contributed by atoms with Gasteiger partial charge in [0.15, 0.2) is 0 Å². The van der Waals surface area contributed by atoms with Crippen LogP contribution in [0, 0.1) is 0 Å². The molecule has 0 spiro atoms. The quantitative estimate of drug-likeness (QED) is 0.791. The van der Waals surface area contributed by atoms with Gasteiger partial charge in [0.05, 0.1) is 10.6 Å².